The Labute approximate surface area is 208 Å². The summed E-state index contributed by atoms with van der Waals surface area (Å²) in [4.78, 5) is 44.1. The number of likely N-dealkylation sites (tertiary alicyclic amines) is 1. The van der Waals surface area contributed by atoms with Gasteiger partial charge in [0.25, 0.3) is 5.91 Å². The number of fused-ring (bicyclic) bond motifs is 1. The first-order chi connectivity index (χ1) is 16.5. The Hall–Kier alpha value is -2.17. The number of ether oxygens (including phenoxy) is 2. The molecule has 186 valence electrons. The van der Waals surface area contributed by atoms with Gasteiger partial charge in [-0.3, -0.25) is 9.59 Å². The van der Waals surface area contributed by atoms with E-state index in [9.17, 15) is 14.4 Å². The number of hydrogen-bond acceptors (Lipinski definition) is 7. The minimum absolute atomic E-state index is 0.105. The van der Waals surface area contributed by atoms with Crippen molar-refractivity contribution in [2.75, 3.05) is 38.4 Å². The minimum Gasteiger partial charge on any atom is -0.465 e. The summed E-state index contributed by atoms with van der Waals surface area (Å²) in [5, 5.41) is 0. The van der Waals surface area contributed by atoms with Crippen LogP contribution in [0.2, 0.25) is 0 Å². The van der Waals surface area contributed by atoms with Gasteiger partial charge >= 0.3 is 5.97 Å². The minimum atomic E-state index is -0.411. The number of rotatable bonds is 10. The van der Waals surface area contributed by atoms with E-state index in [0.29, 0.717) is 36.2 Å². The Kier molecular flexibility index (Phi) is 10.2. The van der Waals surface area contributed by atoms with E-state index in [1.54, 1.807) is 12.1 Å². The third-order valence-electron chi connectivity index (χ3n) is 5.86. The topological polar surface area (TPSA) is 90.2 Å². The predicted molar refractivity (Wildman–Crippen MR) is 135 cm³/mol. The summed E-state index contributed by atoms with van der Waals surface area (Å²) in [5.74, 6) is -0.159. The quantitative estimate of drug-likeness (QED) is 0.361. The molecule has 2 heterocycles. The van der Waals surface area contributed by atoms with Crippen molar-refractivity contribution in [3.05, 3.63) is 28.6 Å². The monoisotopic (exact) mass is 507 g/mol. The SMILES string of the molecule is CCOCCn1c(=NC(=O)CSCC(=O)N2CCCCC2CC)sc2cc(C(=O)OC)ccc21. The Morgan fingerprint density at radius 2 is 2.03 bits per heavy atom. The number of carbonyl (C=O) groups excluding carboxylic acids is 3. The van der Waals surface area contributed by atoms with Gasteiger partial charge in [0.05, 0.1) is 41.0 Å². The number of amides is 2. The molecule has 0 N–H and O–H groups in total. The lowest BCUT2D eigenvalue weighted by atomic mass is 10.0. The zero-order chi connectivity index (χ0) is 24.5. The highest BCUT2D eigenvalue weighted by Crippen LogP contribution is 2.21. The van der Waals surface area contributed by atoms with Crippen LogP contribution in [0.4, 0.5) is 0 Å². The van der Waals surface area contributed by atoms with E-state index in [2.05, 4.69) is 11.9 Å². The summed E-state index contributed by atoms with van der Waals surface area (Å²) >= 11 is 2.66. The van der Waals surface area contributed by atoms with Gasteiger partial charge in [0.15, 0.2) is 4.80 Å². The van der Waals surface area contributed by atoms with Crippen molar-refractivity contribution in [3.63, 3.8) is 0 Å². The largest absolute Gasteiger partial charge is 0.465 e. The highest BCUT2D eigenvalue weighted by Gasteiger charge is 2.25. The number of nitrogens with zero attached hydrogens (tertiary/aromatic N) is 3. The fraction of sp³-hybridized carbons (Fsp3) is 0.583. The molecule has 1 aromatic heterocycles. The van der Waals surface area contributed by atoms with Crippen LogP contribution in [0, 0.1) is 0 Å². The molecule has 1 aliphatic heterocycles. The molecule has 2 amide bonds. The van der Waals surface area contributed by atoms with Gasteiger partial charge < -0.3 is 18.9 Å². The molecule has 0 aliphatic carbocycles. The summed E-state index contributed by atoms with van der Waals surface area (Å²) in [6, 6.07) is 5.61. The van der Waals surface area contributed by atoms with Crippen LogP contribution in [0.3, 0.4) is 0 Å². The van der Waals surface area contributed by atoms with Gasteiger partial charge in [-0.15, -0.1) is 11.8 Å². The number of thioether (sulfide) groups is 1. The number of thiazole rings is 1. The molecule has 0 spiro atoms. The highest BCUT2D eigenvalue weighted by molar-refractivity contribution is 8.00. The summed E-state index contributed by atoms with van der Waals surface area (Å²) in [5.41, 5.74) is 1.32. The molecule has 1 fully saturated rings. The Morgan fingerprint density at radius 1 is 1.21 bits per heavy atom. The summed E-state index contributed by atoms with van der Waals surface area (Å²) in [6.07, 6.45) is 4.25. The van der Waals surface area contributed by atoms with Crippen molar-refractivity contribution >= 4 is 51.1 Å². The second-order valence-corrected chi connectivity index (χ2v) is 10.0. The van der Waals surface area contributed by atoms with Crippen molar-refractivity contribution in [1.82, 2.24) is 9.47 Å². The van der Waals surface area contributed by atoms with Crippen LogP contribution < -0.4 is 4.80 Å². The standard InChI is InChI=1S/C24H33N3O5S2/c1-4-18-8-6-7-11-26(18)22(29)16-33-15-21(28)25-24-27(12-13-32-5-2)19-10-9-17(23(30)31-3)14-20(19)34-24/h9-10,14,18H,4-8,11-13,15-16H2,1-3H3. The average Bonchev–Trinajstić information content (AvgIpc) is 3.19. The van der Waals surface area contributed by atoms with Gasteiger partial charge in [-0.05, 0) is 50.8 Å². The molecule has 1 unspecified atom stereocenters. The average molecular weight is 508 g/mol. The maximum absolute atomic E-state index is 12.6. The highest BCUT2D eigenvalue weighted by atomic mass is 32.2. The second kappa shape index (κ2) is 13.1. The van der Waals surface area contributed by atoms with Crippen molar-refractivity contribution in [3.8, 4) is 0 Å². The van der Waals surface area contributed by atoms with E-state index in [1.165, 1.54) is 36.6 Å². The van der Waals surface area contributed by atoms with Crippen molar-refractivity contribution in [2.45, 2.75) is 52.1 Å². The van der Waals surface area contributed by atoms with Crippen LogP contribution in [0.5, 0.6) is 0 Å². The van der Waals surface area contributed by atoms with Gasteiger partial charge in [-0.25, -0.2) is 4.79 Å². The molecule has 8 nitrogen and oxygen atoms in total. The van der Waals surface area contributed by atoms with Crippen molar-refractivity contribution in [1.29, 1.82) is 0 Å². The predicted octanol–water partition coefficient (Wildman–Crippen LogP) is 3.48. The van der Waals surface area contributed by atoms with Crippen LogP contribution in [0.15, 0.2) is 23.2 Å². The summed E-state index contributed by atoms with van der Waals surface area (Å²) in [7, 11) is 1.35. The van der Waals surface area contributed by atoms with Gasteiger partial charge in [0, 0.05) is 25.7 Å². The van der Waals surface area contributed by atoms with Crippen LogP contribution in [0.25, 0.3) is 10.2 Å². The van der Waals surface area contributed by atoms with Crippen molar-refractivity contribution < 1.29 is 23.9 Å². The zero-order valence-corrected chi connectivity index (χ0v) is 21.7. The van der Waals surface area contributed by atoms with Gasteiger partial charge in [-0.2, -0.15) is 4.99 Å². The van der Waals surface area contributed by atoms with Gasteiger partial charge in [-0.1, -0.05) is 18.3 Å². The zero-order valence-electron chi connectivity index (χ0n) is 20.1. The molecule has 3 rings (SSSR count). The van der Waals surface area contributed by atoms with E-state index in [-0.39, 0.29) is 23.3 Å². The molecule has 34 heavy (non-hydrogen) atoms. The molecule has 1 saturated heterocycles. The fourth-order valence-electron chi connectivity index (χ4n) is 4.12. The summed E-state index contributed by atoms with van der Waals surface area (Å²) in [6.45, 7) is 6.48. The molecule has 2 aromatic rings. The first-order valence-corrected chi connectivity index (χ1v) is 13.7. The lowest BCUT2D eigenvalue weighted by molar-refractivity contribution is -0.132. The Bertz CT molecular complexity index is 1080. The number of hydrogen-bond donors (Lipinski definition) is 0. The van der Waals surface area contributed by atoms with E-state index < -0.39 is 5.97 Å². The molecule has 1 aromatic carbocycles. The molecule has 1 aliphatic rings. The molecule has 10 heteroatoms. The van der Waals surface area contributed by atoms with E-state index >= 15 is 0 Å². The first-order valence-electron chi connectivity index (χ1n) is 11.7. The molecular formula is C24H33N3O5S2. The van der Waals surface area contributed by atoms with Crippen LogP contribution in [-0.4, -0.2) is 71.7 Å². The van der Waals surface area contributed by atoms with Crippen LogP contribution in [-0.2, 0) is 25.6 Å². The molecule has 0 radical (unpaired) electrons. The number of esters is 1. The lowest BCUT2D eigenvalue weighted by Gasteiger charge is -2.35. The summed E-state index contributed by atoms with van der Waals surface area (Å²) < 4.78 is 13.1. The second-order valence-electron chi connectivity index (χ2n) is 8.05. The molecule has 0 saturated carbocycles. The number of piperidine rings is 1. The van der Waals surface area contributed by atoms with E-state index in [0.717, 1.165) is 36.0 Å². The fourth-order valence-corrected chi connectivity index (χ4v) is 5.91. The Morgan fingerprint density at radius 3 is 2.76 bits per heavy atom. The molecule has 0 bridgehead atoms. The normalized spacial score (nSPS) is 16.7. The van der Waals surface area contributed by atoms with Crippen LogP contribution >= 0.6 is 23.1 Å². The van der Waals surface area contributed by atoms with E-state index in [1.807, 2.05) is 22.5 Å². The maximum atomic E-state index is 12.6. The number of aromatic nitrogens is 1. The molecular weight excluding hydrogens is 474 g/mol. The first kappa shape index (κ1) is 26.4. The number of benzene rings is 1. The van der Waals surface area contributed by atoms with Crippen LogP contribution in [0.1, 0.15) is 49.9 Å². The number of methoxy groups -OCH3 is 1. The van der Waals surface area contributed by atoms with Gasteiger partial charge in [0.2, 0.25) is 5.91 Å². The maximum Gasteiger partial charge on any atom is 0.337 e. The Balaban J connectivity index is 1.72. The third-order valence-corrected chi connectivity index (χ3v) is 7.80. The molecule has 1 atom stereocenters. The van der Waals surface area contributed by atoms with Gasteiger partial charge in [0.1, 0.15) is 0 Å². The van der Waals surface area contributed by atoms with E-state index in [4.69, 9.17) is 9.47 Å². The lowest BCUT2D eigenvalue weighted by Crippen LogP contribution is -2.44. The van der Waals surface area contributed by atoms with Crippen molar-refractivity contribution in [2.24, 2.45) is 4.99 Å². The smallest absolute Gasteiger partial charge is 0.337 e. The number of carbonyl (C=O) groups is 3. The third kappa shape index (κ3) is 6.70.